The number of hydrogen-bond donors (Lipinski definition) is 0. The minimum absolute atomic E-state index is 0.967. The zero-order valence-corrected chi connectivity index (χ0v) is 9.11. The molecular weight excluding hydrogens is 210 g/mol. The first kappa shape index (κ1) is 9.04. The van der Waals surface area contributed by atoms with E-state index >= 15 is 0 Å². The van der Waals surface area contributed by atoms with Gasteiger partial charge in [-0.3, -0.25) is 0 Å². The second kappa shape index (κ2) is 3.42. The first-order valence-electron chi connectivity index (χ1n) is 5.23. The molecule has 15 heavy (non-hydrogen) atoms. The monoisotopic (exact) mass is 221 g/mol. The van der Waals surface area contributed by atoms with Gasteiger partial charge in [0.1, 0.15) is 6.33 Å². The van der Waals surface area contributed by atoms with E-state index in [1.54, 1.807) is 6.33 Å². The molecular formula is C11H12ClN3. The fraction of sp³-hybridized carbons (Fsp3) is 0.364. The lowest BCUT2D eigenvalue weighted by Crippen LogP contribution is -2.17. The summed E-state index contributed by atoms with van der Waals surface area (Å²) in [6.45, 7) is 2.32. The molecule has 1 saturated heterocycles. The number of hydrogen-bond acceptors (Lipinski definition) is 2. The van der Waals surface area contributed by atoms with Crippen molar-refractivity contribution in [3.05, 3.63) is 24.5 Å². The molecule has 0 N–H and O–H groups in total. The molecule has 0 spiro atoms. The van der Waals surface area contributed by atoms with E-state index < -0.39 is 0 Å². The van der Waals surface area contributed by atoms with Crippen LogP contribution < -0.4 is 4.90 Å². The van der Waals surface area contributed by atoms with Crippen LogP contribution in [0.3, 0.4) is 0 Å². The lowest BCUT2D eigenvalue weighted by molar-refractivity contribution is 0.949. The summed E-state index contributed by atoms with van der Waals surface area (Å²) in [5.74, 6) is 0. The Morgan fingerprint density at radius 1 is 1.20 bits per heavy atom. The number of benzene rings is 1. The molecule has 2 heterocycles. The Morgan fingerprint density at radius 2 is 2.00 bits per heavy atom. The van der Waals surface area contributed by atoms with E-state index in [1.807, 2.05) is 6.07 Å². The van der Waals surface area contributed by atoms with Crippen molar-refractivity contribution in [1.29, 1.82) is 0 Å². The Balaban J connectivity index is 2.05. The summed E-state index contributed by atoms with van der Waals surface area (Å²) in [6.07, 6.45) is 4.23. The topological polar surface area (TPSA) is 21.1 Å². The average molecular weight is 222 g/mol. The molecule has 3 rings (SSSR count). The second-order valence-corrected chi connectivity index (χ2v) is 4.29. The molecule has 1 aromatic carbocycles. The summed E-state index contributed by atoms with van der Waals surface area (Å²) in [5.41, 5.74) is 3.20. The Kier molecular flexibility index (Phi) is 2.06. The predicted molar refractivity (Wildman–Crippen MR) is 62.4 cm³/mol. The molecule has 78 valence electrons. The van der Waals surface area contributed by atoms with Crippen LogP contribution in [-0.2, 0) is 0 Å². The van der Waals surface area contributed by atoms with E-state index in [4.69, 9.17) is 11.8 Å². The lowest BCUT2D eigenvalue weighted by Gasteiger charge is -2.17. The van der Waals surface area contributed by atoms with Crippen LogP contribution in [0.25, 0.3) is 11.0 Å². The molecule has 1 aromatic heterocycles. The van der Waals surface area contributed by atoms with Crippen molar-refractivity contribution in [2.24, 2.45) is 0 Å². The van der Waals surface area contributed by atoms with Crippen molar-refractivity contribution in [3.63, 3.8) is 0 Å². The van der Waals surface area contributed by atoms with Gasteiger partial charge in [0.05, 0.1) is 11.0 Å². The van der Waals surface area contributed by atoms with E-state index in [0.717, 1.165) is 24.1 Å². The van der Waals surface area contributed by atoms with E-state index in [-0.39, 0.29) is 0 Å². The summed E-state index contributed by atoms with van der Waals surface area (Å²) in [4.78, 5) is 6.65. The number of nitrogens with zero attached hydrogens (tertiary/aromatic N) is 3. The first-order chi connectivity index (χ1) is 7.34. The molecule has 3 nitrogen and oxygen atoms in total. The smallest absolute Gasteiger partial charge is 0.111 e. The van der Waals surface area contributed by atoms with Crippen LogP contribution in [0.4, 0.5) is 5.69 Å². The van der Waals surface area contributed by atoms with Crippen LogP contribution >= 0.6 is 11.8 Å². The zero-order chi connectivity index (χ0) is 10.3. The van der Waals surface area contributed by atoms with E-state index in [1.165, 1.54) is 22.6 Å². The molecule has 0 bridgehead atoms. The quantitative estimate of drug-likeness (QED) is 0.738. The number of halogens is 1. The van der Waals surface area contributed by atoms with E-state index in [0.29, 0.717) is 0 Å². The molecule has 0 unspecified atom stereocenters. The lowest BCUT2D eigenvalue weighted by atomic mass is 10.2. The SMILES string of the molecule is Cln1cnc2cc(N3CCCC3)ccc21. The fourth-order valence-electron chi connectivity index (χ4n) is 2.14. The van der Waals surface area contributed by atoms with Crippen LogP contribution in [0.1, 0.15) is 12.8 Å². The van der Waals surface area contributed by atoms with Gasteiger partial charge >= 0.3 is 0 Å². The molecule has 0 amide bonds. The molecule has 1 fully saturated rings. The van der Waals surface area contributed by atoms with Gasteiger partial charge in [0.15, 0.2) is 0 Å². The highest BCUT2D eigenvalue weighted by atomic mass is 35.5. The van der Waals surface area contributed by atoms with E-state index in [2.05, 4.69) is 22.0 Å². The minimum Gasteiger partial charge on any atom is -0.371 e. The van der Waals surface area contributed by atoms with Crippen molar-refractivity contribution < 1.29 is 0 Å². The van der Waals surface area contributed by atoms with Crippen LogP contribution in [0.15, 0.2) is 24.5 Å². The van der Waals surface area contributed by atoms with Gasteiger partial charge in [0, 0.05) is 30.6 Å². The van der Waals surface area contributed by atoms with Crippen molar-refractivity contribution in [3.8, 4) is 0 Å². The third kappa shape index (κ3) is 1.47. The molecule has 2 aromatic rings. The van der Waals surface area contributed by atoms with Gasteiger partial charge < -0.3 is 4.90 Å². The zero-order valence-electron chi connectivity index (χ0n) is 8.36. The van der Waals surface area contributed by atoms with Crippen LogP contribution in [-0.4, -0.2) is 22.2 Å². The Bertz CT molecular complexity index is 486. The van der Waals surface area contributed by atoms with Crippen molar-refractivity contribution in [2.75, 3.05) is 18.0 Å². The maximum atomic E-state index is 5.93. The molecule has 0 radical (unpaired) electrons. The maximum absolute atomic E-state index is 5.93. The van der Waals surface area contributed by atoms with Gasteiger partial charge in [-0.1, -0.05) is 0 Å². The van der Waals surface area contributed by atoms with E-state index in [9.17, 15) is 0 Å². The standard InChI is InChI=1S/C11H12ClN3/c12-15-8-13-10-7-9(3-4-11(10)15)14-5-1-2-6-14/h3-4,7-8H,1-2,5-6H2. The summed E-state index contributed by atoms with van der Waals surface area (Å²) < 4.78 is 1.53. The number of aromatic nitrogens is 2. The second-order valence-electron chi connectivity index (χ2n) is 3.92. The number of imidazole rings is 1. The van der Waals surface area contributed by atoms with Gasteiger partial charge in [0.2, 0.25) is 0 Å². The average Bonchev–Trinajstić information content (AvgIpc) is 2.88. The maximum Gasteiger partial charge on any atom is 0.111 e. The van der Waals surface area contributed by atoms with Crippen LogP contribution in [0, 0.1) is 0 Å². The normalized spacial score (nSPS) is 16.5. The van der Waals surface area contributed by atoms with Gasteiger partial charge in [0.25, 0.3) is 0 Å². The third-order valence-electron chi connectivity index (χ3n) is 2.96. The highest BCUT2D eigenvalue weighted by Crippen LogP contribution is 2.24. The largest absolute Gasteiger partial charge is 0.371 e. The highest BCUT2D eigenvalue weighted by molar-refractivity contribution is 6.18. The first-order valence-corrected chi connectivity index (χ1v) is 5.56. The highest BCUT2D eigenvalue weighted by Gasteiger charge is 2.13. The summed E-state index contributed by atoms with van der Waals surface area (Å²) in [6, 6.07) is 6.26. The van der Waals surface area contributed by atoms with Gasteiger partial charge in [-0.25, -0.2) is 9.07 Å². The Labute approximate surface area is 93.4 Å². The molecule has 4 heteroatoms. The van der Waals surface area contributed by atoms with Gasteiger partial charge in [-0.2, -0.15) is 0 Å². The van der Waals surface area contributed by atoms with Crippen molar-refractivity contribution in [1.82, 2.24) is 9.07 Å². The summed E-state index contributed by atoms with van der Waals surface area (Å²) >= 11 is 5.93. The Morgan fingerprint density at radius 3 is 2.80 bits per heavy atom. The number of fused-ring (bicyclic) bond motifs is 1. The van der Waals surface area contributed by atoms with Crippen LogP contribution in [0.2, 0.25) is 0 Å². The molecule has 0 aliphatic carbocycles. The van der Waals surface area contributed by atoms with Crippen molar-refractivity contribution >= 4 is 28.5 Å². The Hall–Kier alpha value is -1.22. The number of rotatable bonds is 1. The van der Waals surface area contributed by atoms with Crippen LogP contribution in [0.5, 0.6) is 0 Å². The molecule has 1 aliphatic rings. The molecule has 0 saturated carbocycles. The minimum atomic E-state index is 0.967. The number of anilines is 1. The third-order valence-corrected chi connectivity index (χ3v) is 3.23. The predicted octanol–water partition coefficient (Wildman–Crippen LogP) is 2.64. The van der Waals surface area contributed by atoms with Gasteiger partial charge in [-0.05, 0) is 31.0 Å². The van der Waals surface area contributed by atoms with Crippen molar-refractivity contribution in [2.45, 2.75) is 12.8 Å². The molecule has 1 aliphatic heterocycles. The summed E-state index contributed by atoms with van der Waals surface area (Å²) in [7, 11) is 0. The van der Waals surface area contributed by atoms with Gasteiger partial charge in [-0.15, -0.1) is 0 Å². The molecule has 0 atom stereocenters. The fourth-order valence-corrected chi connectivity index (χ4v) is 2.33. The summed E-state index contributed by atoms with van der Waals surface area (Å²) in [5, 5.41) is 0.